The number of hydrogen-bond donors (Lipinski definition) is 1. The maximum atomic E-state index is 13.1. The molecule has 5 heteroatoms. The van der Waals surface area contributed by atoms with Gasteiger partial charge >= 0.3 is 5.97 Å². The van der Waals surface area contributed by atoms with Crippen LogP contribution in [0.5, 0.6) is 5.75 Å². The van der Waals surface area contributed by atoms with Gasteiger partial charge in [-0.1, -0.05) is 17.7 Å². The molecule has 0 amide bonds. The zero-order valence-electron chi connectivity index (χ0n) is 7.51. The van der Waals surface area contributed by atoms with Crippen molar-refractivity contribution in [1.82, 2.24) is 0 Å². The van der Waals surface area contributed by atoms with E-state index in [1.54, 1.807) is 0 Å². The van der Waals surface area contributed by atoms with Crippen LogP contribution < -0.4 is 10.5 Å². The van der Waals surface area contributed by atoms with Crippen molar-refractivity contribution in [3.05, 3.63) is 28.5 Å². The molecule has 2 N–H and O–H groups in total. The van der Waals surface area contributed by atoms with Crippen molar-refractivity contribution in [2.24, 2.45) is 5.73 Å². The minimum atomic E-state index is -0.678. The van der Waals surface area contributed by atoms with Gasteiger partial charge in [0.05, 0.1) is 5.02 Å². The van der Waals surface area contributed by atoms with Crippen molar-refractivity contribution < 1.29 is 13.9 Å². The first-order chi connectivity index (χ1) is 6.56. The summed E-state index contributed by atoms with van der Waals surface area (Å²) in [5.41, 5.74) is 5.88. The fraction of sp³-hybridized carbons (Fsp3) is 0.222. The quantitative estimate of drug-likeness (QED) is 0.608. The van der Waals surface area contributed by atoms with E-state index in [-0.39, 0.29) is 17.3 Å². The van der Waals surface area contributed by atoms with Crippen LogP contribution in [0.15, 0.2) is 12.1 Å². The van der Waals surface area contributed by atoms with E-state index in [0.29, 0.717) is 5.56 Å². The van der Waals surface area contributed by atoms with Gasteiger partial charge in [-0.3, -0.25) is 4.79 Å². The minimum absolute atomic E-state index is 0.0442. The monoisotopic (exact) mass is 217 g/mol. The Morgan fingerprint density at radius 2 is 2.29 bits per heavy atom. The molecule has 1 aromatic carbocycles. The highest BCUT2D eigenvalue weighted by Gasteiger charge is 2.14. The van der Waals surface area contributed by atoms with Crippen LogP contribution in [0.4, 0.5) is 4.39 Å². The molecule has 76 valence electrons. The first-order valence-electron chi connectivity index (χ1n) is 3.91. The van der Waals surface area contributed by atoms with Crippen molar-refractivity contribution in [3.63, 3.8) is 0 Å². The molecule has 0 aliphatic rings. The summed E-state index contributed by atoms with van der Waals surface area (Å²) in [6.45, 7) is 1.33. The standard InChI is InChI=1S/C9H9ClFNO2/c1-5(13)14-9-7(11)3-2-6(4-12)8(9)10/h2-3H,4,12H2,1H3. The van der Waals surface area contributed by atoms with Crippen LogP contribution in [-0.2, 0) is 11.3 Å². The van der Waals surface area contributed by atoms with Gasteiger partial charge in [-0.25, -0.2) is 4.39 Å². The molecule has 0 aliphatic heterocycles. The summed E-state index contributed by atoms with van der Waals surface area (Å²) in [6, 6.07) is 2.61. The highest BCUT2D eigenvalue weighted by molar-refractivity contribution is 6.33. The summed E-state index contributed by atoms with van der Waals surface area (Å²) >= 11 is 5.76. The first-order valence-corrected chi connectivity index (χ1v) is 4.29. The summed E-state index contributed by atoms with van der Waals surface area (Å²) in [5.74, 6) is -1.57. The summed E-state index contributed by atoms with van der Waals surface area (Å²) in [4.78, 5) is 10.6. The van der Waals surface area contributed by atoms with Crippen molar-refractivity contribution in [1.29, 1.82) is 0 Å². The summed E-state index contributed by atoms with van der Waals surface area (Å²) < 4.78 is 17.7. The molecule has 0 bridgehead atoms. The second-order valence-corrected chi connectivity index (χ2v) is 3.03. The lowest BCUT2D eigenvalue weighted by Gasteiger charge is -2.08. The number of esters is 1. The lowest BCUT2D eigenvalue weighted by atomic mass is 10.2. The second kappa shape index (κ2) is 4.39. The number of hydrogen-bond acceptors (Lipinski definition) is 3. The van der Waals surface area contributed by atoms with E-state index in [2.05, 4.69) is 4.74 Å². The minimum Gasteiger partial charge on any atom is -0.422 e. The highest BCUT2D eigenvalue weighted by Crippen LogP contribution is 2.31. The number of nitrogens with two attached hydrogens (primary N) is 1. The lowest BCUT2D eigenvalue weighted by Crippen LogP contribution is -2.06. The molecule has 0 spiro atoms. The van der Waals surface area contributed by atoms with Gasteiger partial charge in [0, 0.05) is 13.5 Å². The third-order valence-corrected chi connectivity index (χ3v) is 2.01. The molecule has 1 rings (SSSR count). The predicted molar refractivity (Wildman–Crippen MR) is 50.6 cm³/mol. The van der Waals surface area contributed by atoms with Crippen LogP contribution in [0.3, 0.4) is 0 Å². The molecule has 0 aliphatic carbocycles. The number of carbonyl (C=O) groups excluding carboxylic acids is 1. The average Bonchev–Trinajstić information content (AvgIpc) is 2.12. The average molecular weight is 218 g/mol. The number of rotatable bonds is 2. The van der Waals surface area contributed by atoms with Gasteiger partial charge in [-0.15, -0.1) is 0 Å². The SMILES string of the molecule is CC(=O)Oc1c(F)ccc(CN)c1Cl. The van der Waals surface area contributed by atoms with Gasteiger partial charge in [0.15, 0.2) is 11.6 Å². The Kier molecular flexibility index (Phi) is 3.43. The van der Waals surface area contributed by atoms with E-state index in [1.807, 2.05) is 0 Å². The third kappa shape index (κ3) is 2.21. The van der Waals surface area contributed by atoms with Gasteiger partial charge in [0.2, 0.25) is 0 Å². The Morgan fingerprint density at radius 3 is 2.79 bits per heavy atom. The Morgan fingerprint density at radius 1 is 1.64 bits per heavy atom. The lowest BCUT2D eigenvalue weighted by molar-refractivity contribution is -0.132. The Hall–Kier alpha value is -1.13. The Bertz CT molecular complexity index is 368. The molecule has 0 unspecified atom stereocenters. The number of carbonyl (C=O) groups is 1. The second-order valence-electron chi connectivity index (χ2n) is 2.65. The summed E-state index contributed by atoms with van der Waals surface area (Å²) in [5, 5.41) is 0.0442. The molecule has 0 radical (unpaired) electrons. The summed E-state index contributed by atoms with van der Waals surface area (Å²) in [6.07, 6.45) is 0. The van der Waals surface area contributed by atoms with Crippen LogP contribution >= 0.6 is 11.6 Å². The number of benzene rings is 1. The number of halogens is 2. The van der Waals surface area contributed by atoms with E-state index >= 15 is 0 Å². The van der Waals surface area contributed by atoms with Gasteiger partial charge in [-0.05, 0) is 11.6 Å². The van der Waals surface area contributed by atoms with Crippen LogP contribution in [0.25, 0.3) is 0 Å². The van der Waals surface area contributed by atoms with E-state index in [0.717, 1.165) is 6.07 Å². The molecule has 1 aromatic rings. The van der Waals surface area contributed by atoms with Crippen LogP contribution in [0.2, 0.25) is 5.02 Å². The Balaban J connectivity index is 3.18. The topological polar surface area (TPSA) is 52.3 Å². The van der Waals surface area contributed by atoms with Gasteiger partial charge in [0.1, 0.15) is 0 Å². The van der Waals surface area contributed by atoms with Crippen LogP contribution in [0.1, 0.15) is 12.5 Å². The molecule has 0 saturated carbocycles. The fourth-order valence-corrected chi connectivity index (χ4v) is 1.24. The van der Waals surface area contributed by atoms with Crippen molar-refractivity contribution in [2.45, 2.75) is 13.5 Å². The van der Waals surface area contributed by atoms with Gasteiger partial charge in [-0.2, -0.15) is 0 Å². The van der Waals surface area contributed by atoms with Crippen LogP contribution in [-0.4, -0.2) is 5.97 Å². The molecule has 0 aromatic heterocycles. The third-order valence-electron chi connectivity index (χ3n) is 1.59. The maximum absolute atomic E-state index is 13.1. The highest BCUT2D eigenvalue weighted by atomic mass is 35.5. The molecule has 14 heavy (non-hydrogen) atoms. The largest absolute Gasteiger partial charge is 0.422 e. The van der Waals surface area contributed by atoms with Crippen molar-refractivity contribution in [2.75, 3.05) is 0 Å². The molecule has 0 heterocycles. The zero-order valence-corrected chi connectivity index (χ0v) is 8.27. The smallest absolute Gasteiger partial charge is 0.308 e. The zero-order chi connectivity index (χ0) is 10.7. The van der Waals surface area contributed by atoms with E-state index < -0.39 is 11.8 Å². The summed E-state index contributed by atoms with van der Waals surface area (Å²) in [7, 11) is 0. The van der Waals surface area contributed by atoms with Crippen molar-refractivity contribution >= 4 is 17.6 Å². The number of ether oxygens (including phenoxy) is 1. The van der Waals surface area contributed by atoms with Crippen molar-refractivity contribution in [3.8, 4) is 5.75 Å². The Labute approximate surface area is 85.6 Å². The van der Waals surface area contributed by atoms with E-state index in [9.17, 15) is 9.18 Å². The fourth-order valence-electron chi connectivity index (χ4n) is 0.968. The van der Waals surface area contributed by atoms with E-state index in [4.69, 9.17) is 17.3 Å². The molecular formula is C9H9ClFNO2. The molecular weight excluding hydrogens is 209 g/mol. The molecule has 0 saturated heterocycles. The predicted octanol–water partition coefficient (Wildman–Crippen LogP) is 1.86. The van der Waals surface area contributed by atoms with Gasteiger partial charge < -0.3 is 10.5 Å². The maximum Gasteiger partial charge on any atom is 0.308 e. The van der Waals surface area contributed by atoms with Gasteiger partial charge in [0.25, 0.3) is 0 Å². The van der Waals surface area contributed by atoms with E-state index in [1.165, 1.54) is 13.0 Å². The van der Waals surface area contributed by atoms with Crippen LogP contribution in [0, 0.1) is 5.82 Å². The molecule has 0 atom stereocenters. The molecule has 3 nitrogen and oxygen atoms in total. The molecule has 0 fully saturated rings. The first kappa shape index (κ1) is 10.9. The normalized spacial score (nSPS) is 10.0.